The molecule has 0 bridgehead atoms. The van der Waals surface area contributed by atoms with Gasteiger partial charge in [-0.05, 0) is 36.4 Å². The molecule has 0 atom stereocenters. The van der Waals surface area contributed by atoms with Gasteiger partial charge in [0.2, 0.25) is 0 Å². The molecule has 1 N–H and O–H groups in total. The normalized spacial score (nSPS) is 9.81. The zero-order valence-electron chi connectivity index (χ0n) is 11.8. The van der Waals surface area contributed by atoms with Crippen molar-refractivity contribution in [3.8, 4) is 11.5 Å². The molecule has 5 heteroatoms. The average molecular weight is 285 g/mol. The van der Waals surface area contributed by atoms with Gasteiger partial charge in [0.25, 0.3) is 5.91 Å². The van der Waals surface area contributed by atoms with E-state index in [0.29, 0.717) is 22.7 Å². The van der Waals surface area contributed by atoms with Crippen LogP contribution in [0.25, 0.3) is 0 Å². The van der Waals surface area contributed by atoms with Gasteiger partial charge < -0.3 is 14.8 Å². The summed E-state index contributed by atoms with van der Waals surface area (Å²) in [5.74, 6) is 0.407. The smallest absolute Gasteiger partial charge is 0.308 e. The van der Waals surface area contributed by atoms with E-state index in [1.54, 1.807) is 55.6 Å². The third-order valence-corrected chi connectivity index (χ3v) is 2.71. The van der Waals surface area contributed by atoms with Gasteiger partial charge in [-0.3, -0.25) is 9.59 Å². The van der Waals surface area contributed by atoms with Crippen molar-refractivity contribution in [2.75, 3.05) is 12.4 Å². The fourth-order valence-corrected chi connectivity index (χ4v) is 1.75. The van der Waals surface area contributed by atoms with Gasteiger partial charge in [0.1, 0.15) is 11.5 Å². The number of carbonyl (C=O) groups excluding carboxylic acids is 2. The minimum atomic E-state index is -0.409. The van der Waals surface area contributed by atoms with Crippen LogP contribution >= 0.6 is 0 Å². The molecule has 0 spiro atoms. The van der Waals surface area contributed by atoms with Gasteiger partial charge in [-0.1, -0.05) is 6.07 Å². The number of amides is 1. The Morgan fingerprint density at radius 3 is 2.33 bits per heavy atom. The van der Waals surface area contributed by atoms with E-state index in [1.165, 1.54) is 6.92 Å². The van der Waals surface area contributed by atoms with Crippen molar-refractivity contribution >= 4 is 17.6 Å². The summed E-state index contributed by atoms with van der Waals surface area (Å²) in [6.07, 6.45) is 0. The number of esters is 1. The molecular formula is C16H15NO4. The Balaban J connectivity index is 2.09. The number of benzene rings is 2. The first-order valence-corrected chi connectivity index (χ1v) is 6.32. The van der Waals surface area contributed by atoms with Crippen LogP contribution in [0.5, 0.6) is 11.5 Å². The van der Waals surface area contributed by atoms with Crippen molar-refractivity contribution in [3.05, 3.63) is 54.1 Å². The van der Waals surface area contributed by atoms with Crippen molar-refractivity contribution in [1.82, 2.24) is 0 Å². The molecular weight excluding hydrogens is 270 g/mol. The quantitative estimate of drug-likeness (QED) is 0.693. The Hall–Kier alpha value is -2.82. The third kappa shape index (κ3) is 4.07. The van der Waals surface area contributed by atoms with E-state index >= 15 is 0 Å². The van der Waals surface area contributed by atoms with Crippen LogP contribution in [0.3, 0.4) is 0 Å². The van der Waals surface area contributed by atoms with E-state index in [1.807, 2.05) is 0 Å². The largest absolute Gasteiger partial charge is 0.497 e. The lowest BCUT2D eigenvalue weighted by molar-refractivity contribution is -0.131. The van der Waals surface area contributed by atoms with Gasteiger partial charge in [-0.25, -0.2) is 0 Å². The van der Waals surface area contributed by atoms with Crippen molar-refractivity contribution in [3.63, 3.8) is 0 Å². The fraction of sp³-hybridized carbons (Fsp3) is 0.125. The second-order valence-electron chi connectivity index (χ2n) is 4.30. The Morgan fingerprint density at radius 2 is 1.71 bits per heavy atom. The molecule has 21 heavy (non-hydrogen) atoms. The average Bonchev–Trinajstić information content (AvgIpc) is 2.47. The Labute approximate surface area is 122 Å². The molecule has 0 aromatic heterocycles. The highest BCUT2D eigenvalue weighted by Crippen LogP contribution is 2.19. The summed E-state index contributed by atoms with van der Waals surface area (Å²) in [5, 5.41) is 2.74. The monoisotopic (exact) mass is 285 g/mol. The summed E-state index contributed by atoms with van der Waals surface area (Å²) in [6, 6.07) is 13.4. The van der Waals surface area contributed by atoms with Gasteiger partial charge >= 0.3 is 5.97 Å². The zero-order valence-corrected chi connectivity index (χ0v) is 11.8. The Bertz CT molecular complexity index is 650. The lowest BCUT2D eigenvalue weighted by atomic mass is 10.2. The second-order valence-corrected chi connectivity index (χ2v) is 4.30. The summed E-state index contributed by atoms with van der Waals surface area (Å²) in [5.41, 5.74) is 1.06. The summed E-state index contributed by atoms with van der Waals surface area (Å²) < 4.78 is 10.0. The SMILES string of the molecule is COc1ccc(C(=O)Nc2cccc(OC(C)=O)c2)cc1. The van der Waals surface area contributed by atoms with Gasteiger partial charge in [0, 0.05) is 24.2 Å². The van der Waals surface area contributed by atoms with E-state index in [4.69, 9.17) is 9.47 Å². The summed E-state index contributed by atoms with van der Waals surface area (Å²) >= 11 is 0. The van der Waals surface area contributed by atoms with Crippen LogP contribution < -0.4 is 14.8 Å². The topological polar surface area (TPSA) is 64.6 Å². The first-order valence-electron chi connectivity index (χ1n) is 6.32. The number of rotatable bonds is 4. The van der Waals surface area contributed by atoms with Gasteiger partial charge in [0.15, 0.2) is 0 Å². The number of hydrogen-bond acceptors (Lipinski definition) is 4. The maximum Gasteiger partial charge on any atom is 0.308 e. The summed E-state index contributed by atoms with van der Waals surface area (Å²) in [4.78, 5) is 23.0. The molecule has 2 rings (SSSR count). The molecule has 0 aliphatic carbocycles. The molecule has 1 amide bonds. The third-order valence-electron chi connectivity index (χ3n) is 2.71. The number of nitrogens with one attached hydrogen (secondary N) is 1. The maximum absolute atomic E-state index is 12.1. The van der Waals surface area contributed by atoms with Crippen molar-refractivity contribution < 1.29 is 19.1 Å². The minimum absolute atomic E-state index is 0.252. The first kappa shape index (κ1) is 14.6. The number of ether oxygens (including phenoxy) is 2. The second kappa shape index (κ2) is 6.56. The number of anilines is 1. The highest BCUT2D eigenvalue weighted by molar-refractivity contribution is 6.04. The van der Waals surface area contributed by atoms with Gasteiger partial charge in [-0.15, -0.1) is 0 Å². The maximum atomic E-state index is 12.1. The Morgan fingerprint density at radius 1 is 1.00 bits per heavy atom. The lowest BCUT2D eigenvalue weighted by Crippen LogP contribution is -2.12. The molecule has 0 saturated carbocycles. The molecule has 2 aromatic carbocycles. The zero-order chi connectivity index (χ0) is 15.2. The van der Waals surface area contributed by atoms with Gasteiger partial charge in [-0.2, -0.15) is 0 Å². The minimum Gasteiger partial charge on any atom is -0.497 e. The van der Waals surface area contributed by atoms with Crippen LogP contribution in [-0.4, -0.2) is 19.0 Å². The van der Waals surface area contributed by atoms with E-state index in [2.05, 4.69) is 5.32 Å². The number of methoxy groups -OCH3 is 1. The van der Waals surface area contributed by atoms with Crippen LogP contribution in [-0.2, 0) is 4.79 Å². The molecule has 0 aliphatic rings. The van der Waals surface area contributed by atoms with Crippen LogP contribution in [0.1, 0.15) is 17.3 Å². The molecule has 5 nitrogen and oxygen atoms in total. The van der Waals surface area contributed by atoms with Gasteiger partial charge in [0.05, 0.1) is 7.11 Å². The molecule has 0 unspecified atom stereocenters. The highest BCUT2D eigenvalue weighted by Gasteiger charge is 2.07. The predicted octanol–water partition coefficient (Wildman–Crippen LogP) is 2.87. The standard InChI is InChI=1S/C16H15NO4/c1-11(18)21-15-5-3-4-13(10-15)17-16(19)12-6-8-14(20-2)9-7-12/h3-10H,1-2H3,(H,17,19). The van der Waals surface area contributed by atoms with Crippen LogP contribution in [0, 0.1) is 0 Å². The van der Waals surface area contributed by atoms with Crippen LogP contribution in [0.4, 0.5) is 5.69 Å². The van der Waals surface area contributed by atoms with Crippen LogP contribution in [0.2, 0.25) is 0 Å². The summed E-state index contributed by atoms with van der Waals surface area (Å²) in [6.45, 7) is 1.32. The van der Waals surface area contributed by atoms with E-state index in [9.17, 15) is 9.59 Å². The van der Waals surface area contributed by atoms with Crippen LogP contribution in [0.15, 0.2) is 48.5 Å². The molecule has 108 valence electrons. The number of carbonyl (C=O) groups is 2. The fourth-order valence-electron chi connectivity index (χ4n) is 1.75. The van der Waals surface area contributed by atoms with E-state index < -0.39 is 5.97 Å². The van der Waals surface area contributed by atoms with E-state index in [0.717, 1.165) is 0 Å². The molecule has 0 fully saturated rings. The van der Waals surface area contributed by atoms with E-state index in [-0.39, 0.29) is 5.91 Å². The van der Waals surface area contributed by atoms with Crippen molar-refractivity contribution in [2.24, 2.45) is 0 Å². The molecule has 0 radical (unpaired) electrons. The molecule has 0 aliphatic heterocycles. The highest BCUT2D eigenvalue weighted by atomic mass is 16.5. The summed E-state index contributed by atoms with van der Waals surface area (Å²) in [7, 11) is 1.57. The van der Waals surface area contributed by atoms with Crippen molar-refractivity contribution in [2.45, 2.75) is 6.92 Å². The molecule has 0 heterocycles. The molecule has 0 saturated heterocycles. The van der Waals surface area contributed by atoms with Crippen molar-refractivity contribution in [1.29, 1.82) is 0 Å². The first-order chi connectivity index (χ1) is 10.1. The Kier molecular flexibility index (Phi) is 4.56. The number of hydrogen-bond donors (Lipinski definition) is 1. The molecule has 2 aromatic rings. The predicted molar refractivity (Wildman–Crippen MR) is 78.7 cm³/mol. The lowest BCUT2D eigenvalue weighted by Gasteiger charge is -2.08.